The Hall–Kier alpha value is -1.81. The van der Waals surface area contributed by atoms with Crippen molar-refractivity contribution in [3.63, 3.8) is 0 Å². The van der Waals surface area contributed by atoms with E-state index in [0.717, 1.165) is 35.1 Å². The zero-order valence-corrected chi connectivity index (χ0v) is 11.6. The van der Waals surface area contributed by atoms with Crippen LogP contribution in [0.15, 0.2) is 30.5 Å². The van der Waals surface area contributed by atoms with Gasteiger partial charge in [-0.15, -0.1) is 0 Å². The van der Waals surface area contributed by atoms with E-state index in [1.807, 2.05) is 24.3 Å². The number of nitrogens with two attached hydrogens (primary N) is 1. The monoisotopic (exact) mass is 271 g/mol. The number of aliphatic hydroxyl groups excluding tert-OH is 1. The highest BCUT2D eigenvalue weighted by molar-refractivity contribution is 5.93. The van der Waals surface area contributed by atoms with Crippen LogP contribution in [0.1, 0.15) is 32.1 Å². The third kappa shape index (κ3) is 2.43. The molecule has 0 aliphatic heterocycles. The third-order valence-corrected chi connectivity index (χ3v) is 4.28. The predicted molar refractivity (Wildman–Crippen MR) is 82.7 cm³/mol. The van der Waals surface area contributed by atoms with Crippen LogP contribution in [-0.2, 0) is 0 Å². The molecule has 4 heteroatoms. The highest BCUT2D eigenvalue weighted by Crippen LogP contribution is 2.33. The minimum atomic E-state index is -0.187. The first-order chi connectivity index (χ1) is 9.72. The van der Waals surface area contributed by atoms with Crippen LogP contribution in [0.3, 0.4) is 0 Å². The fourth-order valence-corrected chi connectivity index (χ4v) is 3.11. The number of rotatable bonds is 3. The third-order valence-electron chi connectivity index (χ3n) is 4.28. The SMILES string of the molecule is Nc1ccc2c(NC3(CO)CCCCC3)ccnc2c1. The Morgan fingerprint density at radius 1 is 1.20 bits per heavy atom. The van der Waals surface area contributed by atoms with E-state index in [9.17, 15) is 5.11 Å². The molecular formula is C16H21N3O. The van der Waals surface area contributed by atoms with Crippen molar-refractivity contribution in [3.05, 3.63) is 30.5 Å². The molecule has 106 valence electrons. The van der Waals surface area contributed by atoms with E-state index >= 15 is 0 Å². The van der Waals surface area contributed by atoms with Crippen LogP contribution in [0.5, 0.6) is 0 Å². The summed E-state index contributed by atoms with van der Waals surface area (Å²) < 4.78 is 0. The van der Waals surface area contributed by atoms with Gasteiger partial charge in [0.2, 0.25) is 0 Å². The van der Waals surface area contributed by atoms with Gasteiger partial charge in [0, 0.05) is 23.0 Å². The average molecular weight is 271 g/mol. The lowest BCUT2D eigenvalue weighted by Crippen LogP contribution is -2.43. The first-order valence-corrected chi connectivity index (χ1v) is 7.26. The summed E-state index contributed by atoms with van der Waals surface area (Å²) >= 11 is 0. The number of hydrogen-bond acceptors (Lipinski definition) is 4. The number of hydrogen-bond donors (Lipinski definition) is 3. The van der Waals surface area contributed by atoms with Crippen molar-refractivity contribution in [1.29, 1.82) is 0 Å². The van der Waals surface area contributed by atoms with E-state index in [0.29, 0.717) is 0 Å². The Kier molecular flexibility index (Phi) is 3.49. The summed E-state index contributed by atoms with van der Waals surface area (Å²) in [6, 6.07) is 7.74. The maximum absolute atomic E-state index is 9.82. The van der Waals surface area contributed by atoms with E-state index in [1.165, 1.54) is 19.3 Å². The van der Waals surface area contributed by atoms with Gasteiger partial charge in [-0.2, -0.15) is 0 Å². The summed E-state index contributed by atoms with van der Waals surface area (Å²) in [5.74, 6) is 0. The van der Waals surface area contributed by atoms with Gasteiger partial charge in [-0.1, -0.05) is 19.3 Å². The van der Waals surface area contributed by atoms with Crippen molar-refractivity contribution >= 4 is 22.3 Å². The van der Waals surface area contributed by atoms with Crippen LogP contribution in [0.4, 0.5) is 11.4 Å². The second-order valence-electron chi connectivity index (χ2n) is 5.76. The van der Waals surface area contributed by atoms with Crippen LogP contribution in [0.25, 0.3) is 10.9 Å². The average Bonchev–Trinajstić information content (AvgIpc) is 2.48. The number of nitrogens with one attached hydrogen (secondary N) is 1. The molecule has 4 N–H and O–H groups in total. The molecule has 0 radical (unpaired) electrons. The summed E-state index contributed by atoms with van der Waals surface area (Å²) in [6.45, 7) is 0.172. The lowest BCUT2D eigenvalue weighted by atomic mass is 9.82. The van der Waals surface area contributed by atoms with Crippen molar-refractivity contribution < 1.29 is 5.11 Å². The largest absolute Gasteiger partial charge is 0.399 e. The number of nitrogen functional groups attached to an aromatic ring is 1. The number of aromatic nitrogens is 1. The maximum atomic E-state index is 9.82. The molecule has 0 spiro atoms. The molecule has 4 nitrogen and oxygen atoms in total. The number of benzene rings is 1. The fourth-order valence-electron chi connectivity index (χ4n) is 3.11. The van der Waals surface area contributed by atoms with Crippen LogP contribution in [-0.4, -0.2) is 22.2 Å². The van der Waals surface area contributed by atoms with E-state index in [-0.39, 0.29) is 12.1 Å². The maximum Gasteiger partial charge on any atom is 0.0743 e. The quantitative estimate of drug-likeness (QED) is 0.751. The van der Waals surface area contributed by atoms with Crippen molar-refractivity contribution in [3.8, 4) is 0 Å². The lowest BCUT2D eigenvalue weighted by Gasteiger charge is -2.37. The Bertz CT molecular complexity index is 606. The minimum absolute atomic E-state index is 0.172. The van der Waals surface area contributed by atoms with Crippen LogP contribution >= 0.6 is 0 Å². The molecule has 0 atom stereocenters. The first kappa shape index (κ1) is 13.2. The molecule has 3 rings (SSSR count). The summed E-state index contributed by atoms with van der Waals surface area (Å²) in [7, 11) is 0. The molecule has 2 aromatic rings. The zero-order valence-electron chi connectivity index (χ0n) is 11.6. The fraction of sp³-hybridized carbons (Fsp3) is 0.438. The molecular weight excluding hydrogens is 250 g/mol. The summed E-state index contributed by atoms with van der Waals surface area (Å²) in [5.41, 5.74) is 8.26. The van der Waals surface area contributed by atoms with Crippen molar-refractivity contribution in [2.24, 2.45) is 0 Å². The molecule has 0 saturated heterocycles. The van der Waals surface area contributed by atoms with Crippen molar-refractivity contribution in [1.82, 2.24) is 4.98 Å². The second kappa shape index (κ2) is 5.29. The zero-order chi connectivity index (χ0) is 14.0. The molecule has 1 aliphatic rings. The Morgan fingerprint density at radius 2 is 2.00 bits per heavy atom. The van der Waals surface area contributed by atoms with Gasteiger partial charge in [0.15, 0.2) is 0 Å². The van der Waals surface area contributed by atoms with Crippen LogP contribution in [0.2, 0.25) is 0 Å². The number of pyridine rings is 1. The Balaban J connectivity index is 1.97. The van der Waals surface area contributed by atoms with E-state index in [4.69, 9.17) is 5.73 Å². The van der Waals surface area contributed by atoms with Gasteiger partial charge >= 0.3 is 0 Å². The lowest BCUT2D eigenvalue weighted by molar-refractivity contribution is 0.173. The molecule has 0 bridgehead atoms. The normalized spacial score (nSPS) is 18.1. The number of aliphatic hydroxyl groups is 1. The van der Waals surface area contributed by atoms with Gasteiger partial charge in [0.25, 0.3) is 0 Å². The molecule has 1 saturated carbocycles. The van der Waals surface area contributed by atoms with Gasteiger partial charge in [0.05, 0.1) is 17.7 Å². The van der Waals surface area contributed by atoms with E-state index in [2.05, 4.69) is 10.3 Å². The van der Waals surface area contributed by atoms with Crippen molar-refractivity contribution in [2.45, 2.75) is 37.6 Å². The number of fused-ring (bicyclic) bond motifs is 1. The molecule has 1 heterocycles. The van der Waals surface area contributed by atoms with Gasteiger partial charge in [-0.25, -0.2) is 0 Å². The molecule has 1 aromatic heterocycles. The molecule has 0 unspecified atom stereocenters. The molecule has 0 amide bonds. The van der Waals surface area contributed by atoms with Gasteiger partial charge in [-0.3, -0.25) is 4.98 Å². The van der Waals surface area contributed by atoms with Crippen LogP contribution in [0, 0.1) is 0 Å². The molecule has 20 heavy (non-hydrogen) atoms. The smallest absolute Gasteiger partial charge is 0.0743 e. The topological polar surface area (TPSA) is 71.2 Å². The second-order valence-corrected chi connectivity index (χ2v) is 5.76. The summed E-state index contributed by atoms with van der Waals surface area (Å²) in [4.78, 5) is 4.36. The molecule has 1 aliphatic carbocycles. The Labute approximate surface area is 119 Å². The number of anilines is 2. The van der Waals surface area contributed by atoms with Crippen molar-refractivity contribution in [2.75, 3.05) is 17.7 Å². The Morgan fingerprint density at radius 3 is 2.75 bits per heavy atom. The number of nitrogens with zero attached hydrogens (tertiary/aromatic N) is 1. The highest BCUT2D eigenvalue weighted by atomic mass is 16.3. The van der Waals surface area contributed by atoms with Crippen LogP contribution < -0.4 is 11.1 Å². The van der Waals surface area contributed by atoms with Gasteiger partial charge in [0.1, 0.15) is 0 Å². The summed E-state index contributed by atoms with van der Waals surface area (Å²) in [6.07, 6.45) is 7.42. The van der Waals surface area contributed by atoms with E-state index in [1.54, 1.807) is 6.20 Å². The molecule has 1 fully saturated rings. The standard InChI is InChI=1S/C16H21N3O/c17-12-4-5-13-14(6-9-18-15(13)10-12)19-16(11-20)7-2-1-3-8-16/h4-6,9-10,20H,1-3,7-8,11,17H2,(H,18,19). The molecule has 1 aromatic carbocycles. The van der Waals surface area contributed by atoms with E-state index < -0.39 is 0 Å². The minimum Gasteiger partial charge on any atom is -0.399 e. The predicted octanol–water partition coefficient (Wildman–Crippen LogP) is 2.92. The van der Waals surface area contributed by atoms with Gasteiger partial charge < -0.3 is 16.2 Å². The van der Waals surface area contributed by atoms with Gasteiger partial charge in [-0.05, 0) is 37.1 Å². The highest BCUT2D eigenvalue weighted by Gasteiger charge is 2.31. The summed E-state index contributed by atoms with van der Waals surface area (Å²) in [5, 5.41) is 14.5. The first-order valence-electron chi connectivity index (χ1n) is 7.26.